The van der Waals surface area contributed by atoms with Crippen LogP contribution in [0.3, 0.4) is 0 Å². The van der Waals surface area contributed by atoms with Gasteiger partial charge >= 0.3 is 5.69 Å². The summed E-state index contributed by atoms with van der Waals surface area (Å²) in [7, 11) is 0. The second-order valence-corrected chi connectivity index (χ2v) is 4.96. The molecule has 0 fully saturated rings. The van der Waals surface area contributed by atoms with Gasteiger partial charge in [-0.1, -0.05) is 18.2 Å². The lowest BCUT2D eigenvalue weighted by molar-refractivity contribution is -0.386. The third-order valence-corrected chi connectivity index (χ3v) is 3.12. The molecular weight excluding hydrogens is 303 g/mol. The molecular formula is C16H15FN2O4. The second kappa shape index (κ2) is 6.87. The van der Waals surface area contributed by atoms with E-state index in [1.165, 1.54) is 37.3 Å². The number of hydrogen-bond acceptors (Lipinski definition) is 4. The van der Waals surface area contributed by atoms with Crippen LogP contribution in [-0.2, 0) is 4.79 Å². The first-order valence-corrected chi connectivity index (χ1v) is 6.85. The number of nitro benzene ring substituents is 1. The molecule has 1 amide bonds. The molecule has 120 valence electrons. The first kappa shape index (κ1) is 16.4. The number of rotatable bonds is 5. The van der Waals surface area contributed by atoms with Crippen LogP contribution in [0.15, 0.2) is 42.5 Å². The van der Waals surface area contributed by atoms with Gasteiger partial charge in [0.1, 0.15) is 5.82 Å². The maximum atomic E-state index is 13.5. The average Bonchev–Trinajstić information content (AvgIpc) is 2.51. The highest BCUT2D eigenvalue weighted by Gasteiger charge is 2.21. The molecule has 0 unspecified atom stereocenters. The Labute approximate surface area is 132 Å². The molecule has 7 heteroatoms. The number of anilines is 1. The van der Waals surface area contributed by atoms with Crippen molar-refractivity contribution in [1.82, 2.24) is 0 Å². The molecule has 0 saturated carbocycles. The topological polar surface area (TPSA) is 81.5 Å². The van der Waals surface area contributed by atoms with Crippen molar-refractivity contribution in [2.24, 2.45) is 0 Å². The van der Waals surface area contributed by atoms with Gasteiger partial charge in [0.15, 0.2) is 11.9 Å². The fourth-order valence-corrected chi connectivity index (χ4v) is 1.91. The van der Waals surface area contributed by atoms with E-state index in [0.29, 0.717) is 5.56 Å². The molecule has 0 aromatic heterocycles. The summed E-state index contributed by atoms with van der Waals surface area (Å²) < 4.78 is 18.9. The maximum absolute atomic E-state index is 13.5. The number of carbonyl (C=O) groups excluding carboxylic acids is 1. The number of benzene rings is 2. The minimum Gasteiger partial charge on any atom is -0.474 e. The van der Waals surface area contributed by atoms with Crippen LogP contribution in [0.25, 0.3) is 0 Å². The van der Waals surface area contributed by atoms with Gasteiger partial charge in [0.2, 0.25) is 0 Å². The Bertz CT molecular complexity index is 749. The van der Waals surface area contributed by atoms with Crippen molar-refractivity contribution >= 4 is 17.3 Å². The van der Waals surface area contributed by atoms with Crippen LogP contribution >= 0.6 is 0 Å². The van der Waals surface area contributed by atoms with Crippen molar-refractivity contribution in [2.75, 3.05) is 5.32 Å². The van der Waals surface area contributed by atoms with Gasteiger partial charge in [-0.25, -0.2) is 4.39 Å². The van der Waals surface area contributed by atoms with Crippen molar-refractivity contribution in [2.45, 2.75) is 20.0 Å². The first-order chi connectivity index (χ1) is 10.9. The monoisotopic (exact) mass is 318 g/mol. The highest BCUT2D eigenvalue weighted by atomic mass is 19.1. The zero-order valence-electron chi connectivity index (χ0n) is 12.6. The summed E-state index contributed by atoms with van der Waals surface area (Å²) in [5.41, 5.74) is 0.495. The first-order valence-electron chi connectivity index (χ1n) is 6.85. The Morgan fingerprint density at radius 3 is 2.65 bits per heavy atom. The second-order valence-electron chi connectivity index (χ2n) is 4.96. The van der Waals surface area contributed by atoms with E-state index in [1.54, 1.807) is 19.1 Å². The molecule has 0 bridgehead atoms. The standard InChI is InChI=1S/C16H15FN2O4/c1-10-7-8-15(14(9-10)19(21)22)23-11(2)16(20)18-13-6-4-3-5-12(13)17/h3-9,11H,1-2H3,(H,18,20)/t11-/m1/s1. The fourth-order valence-electron chi connectivity index (χ4n) is 1.91. The predicted molar refractivity (Wildman–Crippen MR) is 83.0 cm³/mol. The van der Waals surface area contributed by atoms with Gasteiger partial charge in [0.25, 0.3) is 5.91 Å². The van der Waals surface area contributed by atoms with Crippen LogP contribution < -0.4 is 10.1 Å². The minimum absolute atomic E-state index is 0.0169. The Morgan fingerprint density at radius 1 is 1.30 bits per heavy atom. The highest BCUT2D eigenvalue weighted by molar-refractivity contribution is 5.94. The van der Waals surface area contributed by atoms with Crippen LogP contribution in [0.5, 0.6) is 5.75 Å². The average molecular weight is 318 g/mol. The van der Waals surface area contributed by atoms with Crippen LogP contribution in [0.1, 0.15) is 12.5 Å². The summed E-state index contributed by atoms with van der Waals surface area (Å²) in [6, 6.07) is 10.1. The molecule has 6 nitrogen and oxygen atoms in total. The van der Waals surface area contributed by atoms with Gasteiger partial charge < -0.3 is 10.1 Å². The normalized spacial score (nSPS) is 11.6. The molecule has 0 aliphatic heterocycles. The van der Waals surface area contributed by atoms with E-state index in [2.05, 4.69) is 5.32 Å². The van der Waals surface area contributed by atoms with Crippen molar-refractivity contribution in [3.63, 3.8) is 0 Å². The molecule has 2 rings (SSSR count). The van der Waals surface area contributed by atoms with E-state index >= 15 is 0 Å². The zero-order chi connectivity index (χ0) is 17.0. The Balaban J connectivity index is 2.13. The molecule has 0 saturated heterocycles. The number of halogens is 1. The molecule has 23 heavy (non-hydrogen) atoms. The third kappa shape index (κ3) is 4.03. The number of amides is 1. The molecule has 0 aliphatic carbocycles. The van der Waals surface area contributed by atoms with Gasteiger partial charge in [-0.05, 0) is 37.6 Å². The smallest absolute Gasteiger partial charge is 0.311 e. The summed E-state index contributed by atoms with van der Waals surface area (Å²) in [5.74, 6) is -1.20. The van der Waals surface area contributed by atoms with Gasteiger partial charge in [-0.3, -0.25) is 14.9 Å². The lowest BCUT2D eigenvalue weighted by Gasteiger charge is -2.15. The van der Waals surface area contributed by atoms with E-state index < -0.39 is 22.8 Å². The van der Waals surface area contributed by atoms with Gasteiger partial charge in [0, 0.05) is 6.07 Å². The zero-order valence-corrected chi connectivity index (χ0v) is 12.6. The van der Waals surface area contributed by atoms with Crippen LogP contribution in [0.4, 0.5) is 15.8 Å². The van der Waals surface area contributed by atoms with Crippen molar-refractivity contribution < 1.29 is 18.8 Å². The SMILES string of the molecule is Cc1ccc(O[C@H](C)C(=O)Nc2ccccc2F)c([N+](=O)[O-])c1. The number of nitrogens with zero attached hydrogens (tertiary/aromatic N) is 1. The van der Waals surface area contributed by atoms with Crippen LogP contribution in [-0.4, -0.2) is 16.9 Å². The number of hydrogen-bond donors (Lipinski definition) is 1. The van der Waals surface area contributed by atoms with Gasteiger partial charge in [-0.15, -0.1) is 0 Å². The Hall–Kier alpha value is -2.96. The minimum atomic E-state index is -1.03. The lowest BCUT2D eigenvalue weighted by atomic mass is 10.2. The maximum Gasteiger partial charge on any atom is 0.311 e. The van der Waals surface area contributed by atoms with Crippen LogP contribution in [0, 0.1) is 22.9 Å². The molecule has 1 N–H and O–H groups in total. The number of carbonyl (C=O) groups is 1. The molecule has 1 atom stereocenters. The summed E-state index contributed by atoms with van der Waals surface area (Å²) in [5, 5.41) is 13.4. The number of para-hydroxylation sites is 1. The van der Waals surface area contributed by atoms with E-state index in [9.17, 15) is 19.3 Å². The van der Waals surface area contributed by atoms with Crippen molar-refractivity contribution in [3.8, 4) is 5.75 Å². The highest BCUT2D eigenvalue weighted by Crippen LogP contribution is 2.28. The largest absolute Gasteiger partial charge is 0.474 e. The van der Waals surface area contributed by atoms with Crippen molar-refractivity contribution in [1.29, 1.82) is 0 Å². The summed E-state index contributed by atoms with van der Waals surface area (Å²) in [4.78, 5) is 22.5. The molecule has 2 aromatic rings. The molecule has 0 aliphatic rings. The summed E-state index contributed by atoms with van der Waals surface area (Å²) in [6.45, 7) is 3.14. The summed E-state index contributed by atoms with van der Waals surface area (Å²) >= 11 is 0. The fraction of sp³-hybridized carbons (Fsp3) is 0.188. The third-order valence-electron chi connectivity index (χ3n) is 3.12. The number of ether oxygens (including phenoxy) is 1. The number of aryl methyl sites for hydroxylation is 1. The van der Waals surface area contributed by atoms with Crippen molar-refractivity contribution in [3.05, 3.63) is 64.0 Å². The Morgan fingerprint density at radius 2 is 2.00 bits per heavy atom. The predicted octanol–water partition coefficient (Wildman–Crippen LogP) is 3.45. The molecule has 0 heterocycles. The molecule has 2 aromatic carbocycles. The van der Waals surface area contributed by atoms with E-state index in [1.807, 2.05) is 0 Å². The van der Waals surface area contributed by atoms with E-state index in [0.717, 1.165) is 0 Å². The summed E-state index contributed by atoms with van der Waals surface area (Å²) in [6.07, 6.45) is -1.03. The van der Waals surface area contributed by atoms with E-state index in [4.69, 9.17) is 4.74 Å². The van der Waals surface area contributed by atoms with Gasteiger partial charge in [0.05, 0.1) is 10.6 Å². The lowest BCUT2D eigenvalue weighted by Crippen LogP contribution is -2.30. The molecule has 0 radical (unpaired) electrons. The number of nitro groups is 1. The Kier molecular flexibility index (Phi) is 4.90. The molecule has 0 spiro atoms. The van der Waals surface area contributed by atoms with Crippen LogP contribution in [0.2, 0.25) is 0 Å². The quantitative estimate of drug-likeness (QED) is 0.676. The van der Waals surface area contributed by atoms with Gasteiger partial charge in [-0.2, -0.15) is 0 Å². The number of nitrogens with one attached hydrogen (secondary N) is 1. The van der Waals surface area contributed by atoms with E-state index in [-0.39, 0.29) is 17.1 Å².